The smallest absolute Gasteiger partial charge is 0.322 e. The van der Waals surface area contributed by atoms with Crippen LogP contribution in [0.2, 0.25) is 0 Å². The first-order chi connectivity index (χ1) is 8.88. The Morgan fingerprint density at radius 2 is 1.85 bits per heavy atom. The second kappa shape index (κ2) is 5.17. The van der Waals surface area contributed by atoms with Crippen molar-refractivity contribution < 1.29 is 18.3 Å². The van der Waals surface area contributed by atoms with Gasteiger partial charge in [0.2, 0.25) is 10.0 Å². The number of aryl methyl sites for hydroxylation is 2. The average molecular weight is 303 g/mol. The number of nitrogens with zero attached hydrogens (tertiary/aromatic N) is 2. The SMILES string of the molecule is Cc1nn(C)c(C)c1S(=O)(=O)N[C@@H](C(=O)O)C(C)(C)C. The van der Waals surface area contributed by atoms with Crippen molar-refractivity contribution in [2.45, 2.75) is 45.6 Å². The second-order valence-corrected chi connectivity index (χ2v) is 7.53. The van der Waals surface area contributed by atoms with Gasteiger partial charge in [-0.05, 0) is 19.3 Å². The van der Waals surface area contributed by atoms with Gasteiger partial charge in [0.25, 0.3) is 0 Å². The van der Waals surface area contributed by atoms with E-state index in [0.29, 0.717) is 11.4 Å². The fourth-order valence-electron chi connectivity index (χ4n) is 1.95. The predicted molar refractivity (Wildman–Crippen MR) is 73.9 cm³/mol. The molecule has 7 nitrogen and oxygen atoms in total. The molecule has 20 heavy (non-hydrogen) atoms. The van der Waals surface area contributed by atoms with Crippen LogP contribution >= 0.6 is 0 Å². The van der Waals surface area contributed by atoms with Gasteiger partial charge in [-0.3, -0.25) is 9.48 Å². The zero-order valence-electron chi connectivity index (χ0n) is 12.6. The van der Waals surface area contributed by atoms with E-state index < -0.39 is 27.4 Å². The molecule has 1 heterocycles. The molecule has 0 unspecified atom stereocenters. The third kappa shape index (κ3) is 3.18. The van der Waals surface area contributed by atoms with Crippen LogP contribution in [0.4, 0.5) is 0 Å². The number of carboxylic acid groups (broad SMARTS) is 1. The highest BCUT2D eigenvalue weighted by atomic mass is 32.2. The molecule has 0 aliphatic carbocycles. The number of rotatable bonds is 4. The monoisotopic (exact) mass is 303 g/mol. The number of carbonyl (C=O) groups is 1. The van der Waals surface area contributed by atoms with Crippen LogP contribution in [0.1, 0.15) is 32.2 Å². The van der Waals surface area contributed by atoms with Crippen LogP contribution in [-0.2, 0) is 21.9 Å². The number of carboxylic acids is 1. The topological polar surface area (TPSA) is 101 Å². The first-order valence-electron chi connectivity index (χ1n) is 6.13. The Kier molecular flexibility index (Phi) is 4.31. The molecule has 114 valence electrons. The molecule has 1 rings (SSSR count). The van der Waals surface area contributed by atoms with Gasteiger partial charge in [0.05, 0.1) is 11.4 Å². The number of hydrogen-bond donors (Lipinski definition) is 2. The molecule has 0 spiro atoms. The first kappa shape index (κ1) is 16.6. The molecule has 0 amide bonds. The molecule has 2 N–H and O–H groups in total. The predicted octanol–water partition coefficient (Wildman–Crippen LogP) is 0.815. The van der Waals surface area contributed by atoms with Gasteiger partial charge in [0, 0.05) is 7.05 Å². The largest absolute Gasteiger partial charge is 0.480 e. The van der Waals surface area contributed by atoms with Crippen molar-refractivity contribution in [2.24, 2.45) is 12.5 Å². The van der Waals surface area contributed by atoms with Crippen LogP contribution in [0, 0.1) is 19.3 Å². The Hall–Kier alpha value is -1.41. The van der Waals surface area contributed by atoms with E-state index in [1.165, 1.54) is 4.68 Å². The normalized spacial score (nSPS) is 14.3. The summed E-state index contributed by atoms with van der Waals surface area (Å²) in [6, 6.07) is -1.22. The highest BCUT2D eigenvalue weighted by Gasteiger charge is 2.36. The number of nitrogens with one attached hydrogen (secondary N) is 1. The van der Waals surface area contributed by atoms with E-state index in [-0.39, 0.29) is 4.90 Å². The molecular formula is C12H21N3O4S. The van der Waals surface area contributed by atoms with Gasteiger partial charge in [-0.15, -0.1) is 0 Å². The van der Waals surface area contributed by atoms with Crippen molar-refractivity contribution in [1.29, 1.82) is 0 Å². The Morgan fingerprint density at radius 3 is 2.15 bits per heavy atom. The lowest BCUT2D eigenvalue weighted by molar-refractivity contribution is -0.141. The Labute approximate surface area is 119 Å². The summed E-state index contributed by atoms with van der Waals surface area (Å²) in [5.41, 5.74) is 0.0618. The van der Waals surface area contributed by atoms with E-state index in [1.54, 1.807) is 41.7 Å². The molecule has 1 aromatic rings. The summed E-state index contributed by atoms with van der Waals surface area (Å²) in [7, 11) is -2.30. The zero-order valence-corrected chi connectivity index (χ0v) is 13.4. The molecule has 0 saturated heterocycles. The van der Waals surface area contributed by atoms with Crippen molar-refractivity contribution >= 4 is 16.0 Å². The van der Waals surface area contributed by atoms with E-state index in [2.05, 4.69) is 9.82 Å². The lowest BCUT2D eigenvalue weighted by Gasteiger charge is -2.27. The molecule has 0 fully saturated rings. The molecule has 1 atom stereocenters. The molecular weight excluding hydrogens is 282 g/mol. The highest BCUT2D eigenvalue weighted by molar-refractivity contribution is 7.89. The average Bonchev–Trinajstić information content (AvgIpc) is 2.48. The van der Waals surface area contributed by atoms with Crippen molar-refractivity contribution in [3.05, 3.63) is 11.4 Å². The fourth-order valence-corrected chi connectivity index (χ4v) is 3.79. The van der Waals surface area contributed by atoms with Crippen molar-refractivity contribution in [3.63, 3.8) is 0 Å². The second-order valence-electron chi connectivity index (χ2n) is 5.88. The summed E-state index contributed by atoms with van der Waals surface area (Å²) in [5, 5.41) is 13.3. The van der Waals surface area contributed by atoms with Gasteiger partial charge in [-0.1, -0.05) is 20.8 Å². The lowest BCUT2D eigenvalue weighted by Crippen LogP contribution is -2.49. The maximum absolute atomic E-state index is 12.4. The molecule has 0 bridgehead atoms. The van der Waals surface area contributed by atoms with E-state index in [4.69, 9.17) is 0 Å². The number of aromatic nitrogens is 2. The lowest BCUT2D eigenvalue weighted by atomic mass is 9.88. The van der Waals surface area contributed by atoms with E-state index in [9.17, 15) is 18.3 Å². The Balaban J connectivity index is 3.28. The molecule has 1 aromatic heterocycles. The summed E-state index contributed by atoms with van der Waals surface area (Å²) in [4.78, 5) is 11.3. The van der Waals surface area contributed by atoms with Crippen molar-refractivity contribution in [3.8, 4) is 0 Å². The minimum absolute atomic E-state index is 0.0375. The molecule has 0 radical (unpaired) electrons. The molecule has 0 aliphatic heterocycles. The Morgan fingerprint density at radius 1 is 1.35 bits per heavy atom. The van der Waals surface area contributed by atoms with Gasteiger partial charge in [0.15, 0.2) is 0 Å². The van der Waals surface area contributed by atoms with E-state index in [0.717, 1.165) is 0 Å². The maximum atomic E-state index is 12.4. The van der Waals surface area contributed by atoms with Crippen LogP contribution in [0.3, 0.4) is 0 Å². The first-order valence-corrected chi connectivity index (χ1v) is 7.61. The van der Waals surface area contributed by atoms with E-state index in [1.807, 2.05) is 0 Å². The zero-order chi connectivity index (χ0) is 15.9. The fraction of sp³-hybridized carbons (Fsp3) is 0.667. The molecule has 0 saturated carbocycles. The molecule has 0 aromatic carbocycles. The minimum atomic E-state index is -3.94. The summed E-state index contributed by atoms with van der Waals surface area (Å²) >= 11 is 0. The number of aliphatic carboxylic acids is 1. The summed E-state index contributed by atoms with van der Waals surface area (Å²) in [6.07, 6.45) is 0. The van der Waals surface area contributed by atoms with Crippen LogP contribution in [0.5, 0.6) is 0 Å². The third-order valence-corrected chi connectivity index (χ3v) is 4.77. The maximum Gasteiger partial charge on any atom is 0.322 e. The highest BCUT2D eigenvalue weighted by Crippen LogP contribution is 2.24. The number of hydrogen-bond acceptors (Lipinski definition) is 4. The molecule has 0 aliphatic rings. The van der Waals surface area contributed by atoms with Crippen LogP contribution in [0.25, 0.3) is 0 Å². The van der Waals surface area contributed by atoms with Gasteiger partial charge in [0.1, 0.15) is 10.9 Å². The Bertz CT molecular complexity index is 626. The quantitative estimate of drug-likeness (QED) is 0.857. The van der Waals surface area contributed by atoms with E-state index >= 15 is 0 Å². The summed E-state index contributed by atoms with van der Waals surface area (Å²) in [5.74, 6) is -1.21. The minimum Gasteiger partial charge on any atom is -0.480 e. The summed E-state index contributed by atoms with van der Waals surface area (Å²) < 4.78 is 28.6. The van der Waals surface area contributed by atoms with Gasteiger partial charge in [-0.2, -0.15) is 9.82 Å². The standard InChI is InChI=1S/C12H21N3O4S/c1-7-9(8(2)15(6)13-7)20(18,19)14-10(11(16)17)12(3,4)5/h10,14H,1-6H3,(H,16,17)/t10-/m0/s1. The van der Waals surface area contributed by atoms with Crippen LogP contribution in [-0.4, -0.2) is 35.3 Å². The van der Waals surface area contributed by atoms with Gasteiger partial charge >= 0.3 is 5.97 Å². The van der Waals surface area contributed by atoms with Gasteiger partial charge in [-0.25, -0.2) is 8.42 Å². The number of sulfonamides is 1. The molecule has 8 heteroatoms. The van der Waals surface area contributed by atoms with Crippen molar-refractivity contribution in [1.82, 2.24) is 14.5 Å². The van der Waals surface area contributed by atoms with Gasteiger partial charge < -0.3 is 5.11 Å². The summed E-state index contributed by atoms with van der Waals surface area (Å²) in [6.45, 7) is 8.20. The van der Waals surface area contributed by atoms with Crippen LogP contribution < -0.4 is 4.72 Å². The third-order valence-electron chi connectivity index (χ3n) is 3.10. The van der Waals surface area contributed by atoms with Crippen molar-refractivity contribution in [2.75, 3.05) is 0 Å². The van der Waals surface area contributed by atoms with Crippen LogP contribution in [0.15, 0.2) is 4.90 Å².